The number of likely N-dealkylation sites (N-methyl/N-ethyl adjacent to an activating group) is 1. The summed E-state index contributed by atoms with van der Waals surface area (Å²) in [6.45, 7) is 3.32. The van der Waals surface area contributed by atoms with Gasteiger partial charge in [0, 0.05) is 30.0 Å². The molecule has 0 aromatic heterocycles. The van der Waals surface area contributed by atoms with Crippen molar-refractivity contribution in [2.45, 2.75) is 6.92 Å². The predicted molar refractivity (Wildman–Crippen MR) is 85.1 cm³/mol. The predicted octanol–water partition coefficient (Wildman–Crippen LogP) is 2.15. The third-order valence-electron chi connectivity index (χ3n) is 2.76. The van der Waals surface area contributed by atoms with Gasteiger partial charge in [-0.3, -0.25) is 4.79 Å². The molecular formula is C15H19ClN4O. The van der Waals surface area contributed by atoms with Crippen molar-refractivity contribution in [1.29, 1.82) is 5.26 Å². The Hall–Kier alpha value is -2.03. The SMILES string of the molecule is Cc1ccc(Cl)cc1NC(=O)/C(C#N)=C\NCCN(C)C. The Bertz CT molecular complexity index is 576. The number of nitriles is 1. The number of amides is 1. The third-order valence-corrected chi connectivity index (χ3v) is 3.00. The minimum absolute atomic E-state index is 0.0214. The summed E-state index contributed by atoms with van der Waals surface area (Å²) >= 11 is 5.90. The molecule has 0 unspecified atom stereocenters. The van der Waals surface area contributed by atoms with E-state index in [0.29, 0.717) is 17.3 Å². The maximum absolute atomic E-state index is 12.0. The van der Waals surface area contributed by atoms with Crippen LogP contribution in [-0.4, -0.2) is 38.0 Å². The fraction of sp³-hybridized carbons (Fsp3) is 0.333. The number of carbonyl (C=O) groups excluding carboxylic acids is 1. The highest BCUT2D eigenvalue weighted by Gasteiger charge is 2.10. The first-order valence-corrected chi connectivity index (χ1v) is 6.87. The molecule has 112 valence electrons. The quantitative estimate of drug-likeness (QED) is 0.480. The molecule has 0 aliphatic carbocycles. The number of benzene rings is 1. The summed E-state index contributed by atoms with van der Waals surface area (Å²) in [6.07, 6.45) is 1.43. The number of aryl methyl sites for hydroxylation is 1. The standard InChI is InChI=1S/C15H19ClN4O/c1-11-4-5-13(16)8-14(11)19-15(21)12(9-17)10-18-6-7-20(2)3/h4-5,8,10,18H,6-7H2,1-3H3,(H,19,21)/b12-10-. The topological polar surface area (TPSA) is 68.2 Å². The molecular weight excluding hydrogens is 288 g/mol. The largest absolute Gasteiger partial charge is 0.388 e. The number of nitrogens with one attached hydrogen (secondary N) is 2. The smallest absolute Gasteiger partial charge is 0.267 e. The molecule has 1 amide bonds. The van der Waals surface area contributed by atoms with E-state index in [-0.39, 0.29) is 5.57 Å². The van der Waals surface area contributed by atoms with Crippen LogP contribution in [0.25, 0.3) is 0 Å². The minimum Gasteiger partial charge on any atom is -0.388 e. The van der Waals surface area contributed by atoms with Crippen LogP contribution in [0.1, 0.15) is 5.56 Å². The number of hydrogen-bond acceptors (Lipinski definition) is 4. The van der Waals surface area contributed by atoms with Crippen LogP contribution in [0.4, 0.5) is 5.69 Å². The first kappa shape index (κ1) is 17.0. The summed E-state index contributed by atoms with van der Waals surface area (Å²) in [4.78, 5) is 14.0. The molecule has 0 heterocycles. The number of hydrogen-bond donors (Lipinski definition) is 2. The van der Waals surface area contributed by atoms with Crippen LogP contribution < -0.4 is 10.6 Å². The second-order valence-electron chi connectivity index (χ2n) is 4.84. The van der Waals surface area contributed by atoms with Crippen molar-refractivity contribution in [1.82, 2.24) is 10.2 Å². The van der Waals surface area contributed by atoms with E-state index in [9.17, 15) is 4.79 Å². The number of nitrogens with zero attached hydrogens (tertiary/aromatic N) is 2. The van der Waals surface area contributed by atoms with Crippen LogP contribution in [0.5, 0.6) is 0 Å². The van der Waals surface area contributed by atoms with Gasteiger partial charge in [0.25, 0.3) is 5.91 Å². The van der Waals surface area contributed by atoms with E-state index in [1.54, 1.807) is 12.1 Å². The fourth-order valence-corrected chi connectivity index (χ4v) is 1.70. The Morgan fingerprint density at radius 2 is 2.19 bits per heavy atom. The number of carbonyl (C=O) groups is 1. The second kappa shape index (κ2) is 8.30. The number of halogens is 1. The summed E-state index contributed by atoms with van der Waals surface area (Å²) in [5, 5.41) is 15.2. The summed E-state index contributed by atoms with van der Waals surface area (Å²) in [5.41, 5.74) is 1.50. The molecule has 0 spiro atoms. The Morgan fingerprint density at radius 1 is 1.48 bits per heavy atom. The lowest BCUT2D eigenvalue weighted by atomic mass is 10.2. The number of rotatable bonds is 6. The fourth-order valence-electron chi connectivity index (χ4n) is 1.53. The minimum atomic E-state index is -0.458. The van der Waals surface area contributed by atoms with Gasteiger partial charge in [0.15, 0.2) is 0 Å². The molecule has 0 fully saturated rings. The van der Waals surface area contributed by atoms with Gasteiger partial charge in [0.2, 0.25) is 0 Å². The van der Waals surface area contributed by atoms with Gasteiger partial charge in [-0.15, -0.1) is 0 Å². The molecule has 0 bridgehead atoms. The van der Waals surface area contributed by atoms with Crippen molar-refractivity contribution in [3.8, 4) is 6.07 Å². The van der Waals surface area contributed by atoms with E-state index < -0.39 is 5.91 Å². The zero-order valence-corrected chi connectivity index (χ0v) is 13.2. The average molecular weight is 307 g/mol. The lowest BCUT2D eigenvalue weighted by molar-refractivity contribution is -0.112. The van der Waals surface area contributed by atoms with Gasteiger partial charge in [0.1, 0.15) is 11.6 Å². The summed E-state index contributed by atoms with van der Waals surface area (Å²) in [7, 11) is 3.90. The van der Waals surface area contributed by atoms with E-state index in [4.69, 9.17) is 16.9 Å². The van der Waals surface area contributed by atoms with Crippen LogP contribution in [0.15, 0.2) is 30.0 Å². The highest BCUT2D eigenvalue weighted by Crippen LogP contribution is 2.20. The van der Waals surface area contributed by atoms with Crippen LogP contribution in [0.2, 0.25) is 5.02 Å². The average Bonchev–Trinajstić information content (AvgIpc) is 2.42. The van der Waals surface area contributed by atoms with Gasteiger partial charge in [-0.1, -0.05) is 17.7 Å². The molecule has 1 rings (SSSR count). The molecule has 1 aromatic carbocycles. The van der Waals surface area contributed by atoms with Gasteiger partial charge in [0.05, 0.1) is 0 Å². The molecule has 0 aliphatic heterocycles. The molecule has 0 atom stereocenters. The van der Waals surface area contributed by atoms with Gasteiger partial charge >= 0.3 is 0 Å². The van der Waals surface area contributed by atoms with E-state index in [0.717, 1.165) is 12.1 Å². The van der Waals surface area contributed by atoms with Gasteiger partial charge < -0.3 is 15.5 Å². The molecule has 5 nitrogen and oxygen atoms in total. The van der Waals surface area contributed by atoms with Crippen molar-refractivity contribution in [3.05, 3.63) is 40.6 Å². The zero-order valence-electron chi connectivity index (χ0n) is 12.4. The molecule has 0 aliphatic rings. The van der Waals surface area contributed by atoms with Gasteiger partial charge in [-0.2, -0.15) is 5.26 Å². The van der Waals surface area contributed by atoms with Crippen LogP contribution in [-0.2, 0) is 4.79 Å². The van der Waals surface area contributed by atoms with Crippen molar-refractivity contribution < 1.29 is 4.79 Å². The molecule has 1 aromatic rings. The Labute approximate surface area is 130 Å². The Kier molecular flexibility index (Phi) is 6.73. The molecule has 0 saturated heterocycles. The van der Waals surface area contributed by atoms with E-state index in [1.165, 1.54) is 6.20 Å². The zero-order chi connectivity index (χ0) is 15.8. The van der Waals surface area contributed by atoms with Crippen LogP contribution >= 0.6 is 11.6 Å². The first-order valence-electron chi connectivity index (χ1n) is 6.50. The van der Waals surface area contributed by atoms with E-state index in [2.05, 4.69) is 10.6 Å². The van der Waals surface area contributed by atoms with E-state index >= 15 is 0 Å². The third kappa shape index (κ3) is 5.86. The van der Waals surface area contributed by atoms with Crippen LogP contribution in [0.3, 0.4) is 0 Å². The van der Waals surface area contributed by atoms with Gasteiger partial charge in [-0.25, -0.2) is 0 Å². The normalized spacial score (nSPS) is 11.1. The van der Waals surface area contributed by atoms with E-state index in [1.807, 2.05) is 38.1 Å². The summed E-state index contributed by atoms with van der Waals surface area (Å²) in [6, 6.07) is 7.10. The van der Waals surface area contributed by atoms with Crippen molar-refractivity contribution in [2.75, 3.05) is 32.5 Å². The molecule has 21 heavy (non-hydrogen) atoms. The highest BCUT2D eigenvalue weighted by atomic mass is 35.5. The van der Waals surface area contributed by atoms with Gasteiger partial charge in [-0.05, 0) is 38.7 Å². The van der Waals surface area contributed by atoms with Crippen molar-refractivity contribution >= 4 is 23.2 Å². The van der Waals surface area contributed by atoms with Crippen molar-refractivity contribution in [3.63, 3.8) is 0 Å². The first-order chi connectivity index (χ1) is 9.93. The number of anilines is 1. The molecule has 2 N–H and O–H groups in total. The Morgan fingerprint density at radius 3 is 2.81 bits per heavy atom. The lowest BCUT2D eigenvalue weighted by Gasteiger charge is -2.10. The maximum atomic E-state index is 12.0. The lowest BCUT2D eigenvalue weighted by Crippen LogP contribution is -2.24. The summed E-state index contributed by atoms with van der Waals surface area (Å²) < 4.78 is 0. The maximum Gasteiger partial charge on any atom is 0.267 e. The van der Waals surface area contributed by atoms with Crippen LogP contribution in [0, 0.1) is 18.3 Å². The Balaban J connectivity index is 2.69. The molecule has 0 radical (unpaired) electrons. The summed E-state index contributed by atoms with van der Waals surface area (Å²) in [5.74, 6) is -0.458. The van der Waals surface area contributed by atoms with Crippen molar-refractivity contribution in [2.24, 2.45) is 0 Å². The second-order valence-corrected chi connectivity index (χ2v) is 5.28. The molecule has 6 heteroatoms. The monoisotopic (exact) mass is 306 g/mol. The highest BCUT2D eigenvalue weighted by molar-refractivity contribution is 6.31. The molecule has 0 saturated carbocycles.